The van der Waals surface area contributed by atoms with Crippen LogP contribution >= 0.6 is 22.6 Å². The van der Waals surface area contributed by atoms with Crippen LogP contribution in [-0.4, -0.2) is 6.10 Å². The van der Waals surface area contributed by atoms with Crippen LogP contribution in [0.15, 0.2) is 42.5 Å². The first kappa shape index (κ1) is 16.3. The van der Waals surface area contributed by atoms with E-state index in [0.717, 1.165) is 11.3 Å². The molecule has 0 amide bonds. The summed E-state index contributed by atoms with van der Waals surface area (Å²) >= 11 is 2.37. The third-order valence-electron chi connectivity index (χ3n) is 3.26. The Morgan fingerprint density at radius 1 is 1.14 bits per heavy atom. The summed E-state index contributed by atoms with van der Waals surface area (Å²) in [6.07, 6.45) is 0.156. The van der Waals surface area contributed by atoms with Gasteiger partial charge in [-0.05, 0) is 72.2 Å². The summed E-state index contributed by atoms with van der Waals surface area (Å²) < 4.78 is 7.00. The van der Waals surface area contributed by atoms with Crippen molar-refractivity contribution >= 4 is 22.6 Å². The molecule has 0 spiro atoms. The number of rotatable bonds is 5. The van der Waals surface area contributed by atoms with Crippen molar-refractivity contribution in [1.29, 1.82) is 0 Å². The lowest BCUT2D eigenvalue weighted by Crippen LogP contribution is -2.29. The first-order valence-corrected chi connectivity index (χ1v) is 8.08. The van der Waals surface area contributed by atoms with Gasteiger partial charge in [-0.2, -0.15) is 0 Å². The van der Waals surface area contributed by atoms with Gasteiger partial charge < -0.3 is 4.74 Å². The third kappa shape index (κ3) is 3.96. The molecule has 4 heteroatoms. The number of hydrazine groups is 1. The normalized spacial score (nSPS) is 12.5. The standard InChI is InChI=1S/C17H21IN2O/c1-11(2)21-14-8-5-7-13(10-14)17(20-19)15-9-4-6-12(3)16(15)18/h4-11,17,20H,19H2,1-3H3. The van der Waals surface area contributed by atoms with Crippen LogP contribution in [0.3, 0.4) is 0 Å². The van der Waals surface area contributed by atoms with Crippen LogP contribution in [0.2, 0.25) is 0 Å². The number of nitrogens with two attached hydrogens (primary N) is 1. The highest BCUT2D eigenvalue weighted by atomic mass is 127. The van der Waals surface area contributed by atoms with Gasteiger partial charge in [-0.15, -0.1) is 0 Å². The van der Waals surface area contributed by atoms with E-state index in [1.807, 2.05) is 32.0 Å². The van der Waals surface area contributed by atoms with Gasteiger partial charge >= 0.3 is 0 Å². The molecule has 0 aromatic heterocycles. The molecule has 21 heavy (non-hydrogen) atoms. The molecule has 1 unspecified atom stereocenters. The summed E-state index contributed by atoms with van der Waals surface area (Å²) in [5, 5.41) is 0. The summed E-state index contributed by atoms with van der Waals surface area (Å²) in [6, 6.07) is 14.3. The molecule has 0 fully saturated rings. The quantitative estimate of drug-likeness (QED) is 0.457. The summed E-state index contributed by atoms with van der Waals surface area (Å²) in [7, 11) is 0. The van der Waals surface area contributed by atoms with Crippen LogP contribution in [0, 0.1) is 10.5 Å². The van der Waals surface area contributed by atoms with E-state index < -0.39 is 0 Å². The largest absolute Gasteiger partial charge is 0.491 e. The predicted octanol–water partition coefficient (Wildman–Crippen LogP) is 3.94. The zero-order chi connectivity index (χ0) is 15.4. The zero-order valence-electron chi connectivity index (χ0n) is 12.6. The lowest BCUT2D eigenvalue weighted by molar-refractivity contribution is 0.242. The van der Waals surface area contributed by atoms with Gasteiger partial charge in [-0.3, -0.25) is 5.84 Å². The summed E-state index contributed by atoms with van der Waals surface area (Å²) in [5.41, 5.74) is 6.45. The van der Waals surface area contributed by atoms with Crippen molar-refractivity contribution in [1.82, 2.24) is 5.43 Å². The molecular formula is C17H21IN2O. The lowest BCUT2D eigenvalue weighted by atomic mass is 9.98. The molecular weight excluding hydrogens is 375 g/mol. The number of aryl methyl sites for hydroxylation is 1. The minimum absolute atomic E-state index is 0.0486. The first-order chi connectivity index (χ1) is 10.0. The molecule has 0 aliphatic carbocycles. The van der Waals surface area contributed by atoms with Crippen molar-refractivity contribution in [2.45, 2.75) is 32.9 Å². The van der Waals surface area contributed by atoms with Gasteiger partial charge in [-0.25, -0.2) is 5.43 Å². The Labute approximate surface area is 140 Å². The topological polar surface area (TPSA) is 47.3 Å². The predicted molar refractivity (Wildman–Crippen MR) is 95.3 cm³/mol. The molecule has 3 N–H and O–H groups in total. The highest BCUT2D eigenvalue weighted by Crippen LogP contribution is 2.29. The van der Waals surface area contributed by atoms with Gasteiger partial charge in [0, 0.05) is 3.57 Å². The molecule has 0 aliphatic heterocycles. The monoisotopic (exact) mass is 396 g/mol. The second-order valence-electron chi connectivity index (χ2n) is 5.32. The summed E-state index contributed by atoms with van der Waals surface area (Å²) in [4.78, 5) is 0. The fraction of sp³-hybridized carbons (Fsp3) is 0.294. The number of benzene rings is 2. The van der Waals surface area contributed by atoms with E-state index in [-0.39, 0.29) is 12.1 Å². The minimum atomic E-state index is -0.0486. The molecule has 0 aliphatic rings. The van der Waals surface area contributed by atoms with E-state index in [9.17, 15) is 0 Å². The van der Waals surface area contributed by atoms with E-state index in [2.05, 4.69) is 59.2 Å². The van der Waals surface area contributed by atoms with Crippen LogP contribution in [0.5, 0.6) is 5.75 Å². The number of hydrogen-bond acceptors (Lipinski definition) is 3. The van der Waals surface area contributed by atoms with Crippen molar-refractivity contribution in [2.24, 2.45) is 5.84 Å². The van der Waals surface area contributed by atoms with Crippen molar-refractivity contribution in [3.63, 3.8) is 0 Å². The number of hydrogen-bond donors (Lipinski definition) is 2. The van der Waals surface area contributed by atoms with Crippen molar-refractivity contribution < 1.29 is 4.74 Å². The SMILES string of the molecule is Cc1cccc(C(NN)c2cccc(OC(C)C)c2)c1I. The van der Waals surface area contributed by atoms with E-state index in [1.165, 1.54) is 14.7 Å². The second-order valence-corrected chi connectivity index (χ2v) is 6.40. The molecule has 2 aromatic carbocycles. The summed E-state index contributed by atoms with van der Waals surface area (Å²) in [6.45, 7) is 6.15. The molecule has 0 saturated carbocycles. The lowest BCUT2D eigenvalue weighted by Gasteiger charge is -2.20. The fourth-order valence-corrected chi connectivity index (χ4v) is 2.97. The van der Waals surface area contributed by atoms with Gasteiger partial charge in [0.05, 0.1) is 12.1 Å². The first-order valence-electron chi connectivity index (χ1n) is 7.00. The van der Waals surface area contributed by atoms with Gasteiger partial charge in [0.15, 0.2) is 0 Å². The van der Waals surface area contributed by atoms with Crippen molar-refractivity contribution in [3.05, 3.63) is 62.7 Å². The molecule has 2 rings (SSSR count). The van der Waals surface area contributed by atoms with Gasteiger partial charge in [0.2, 0.25) is 0 Å². The van der Waals surface area contributed by atoms with Crippen LogP contribution in [-0.2, 0) is 0 Å². The Hall–Kier alpha value is -1.11. The molecule has 0 saturated heterocycles. The van der Waals surface area contributed by atoms with Crippen molar-refractivity contribution in [3.8, 4) is 5.75 Å². The average molecular weight is 396 g/mol. The Bertz CT molecular complexity index is 613. The van der Waals surface area contributed by atoms with E-state index >= 15 is 0 Å². The molecule has 0 radical (unpaired) electrons. The molecule has 2 aromatic rings. The Morgan fingerprint density at radius 2 is 1.86 bits per heavy atom. The highest BCUT2D eigenvalue weighted by molar-refractivity contribution is 14.1. The van der Waals surface area contributed by atoms with E-state index in [0.29, 0.717) is 0 Å². The van der Waals surface area contributed by atoms with Crippen molar-refractivity contribution in [2.75, 3.05) is 0 Å². The van der Waals surface area contributed by atoms with Crippen LogP contribution < -0.4 is 16.0 Å². The van der Waals surface area contributed by atoms with Crippen LogP contribution in [0.4, 0.5) is 0 Å². The molecule has 1 atom stereocenters. The Morgan fingerprint density at radius 3 is 2.52 bits per heavy atom. The molecule has 3 nitrogen and oxygen atoms in total. The Kier molecular flexibility index (Phi) is 5.61. The highest BCUT2D eigenvalue weighted by Gasteiger charge is 2.16. The average Bonchev–Trinajstić information content (AvgIpc) is 2.44. The van der Waals surface area contributed by atoms with Crippen LogP contribution in [0.1, 0.15) is 36.6 Å². The van der Waals surface area contributed by atoms with Gasteiger partial charge in [-0.1, -0.05) is 30.3 Å². The van der Waals surface area contributed by atoms with Gasteiger partial charge in [0.1, 0.15) is 5.75 Å². The number of ether oxygens (including phenoxy) is 1. The molecule has 0 heterocycles. The maximum absolute atomic E-state index is 5.81. The van der Waals surface area contributed by atoms with E-state index in [4.69, 9.17) is 10.6 Å². The summed E-state index contributed by atoms with van der Waals surface area (Å²) in [5.74, 6) is 6.68. The van der Waals surface area contributed by atoms with E-state index in [1.54, 1.807) is 0 Å². The fourth-order valence-electron chi connectivity index (χ4n) is 2.30. The second kappa shape index (κ2) is 7.24. The molecule has 0 bridgehead atoms. The minimum Gasteiger partial charge on any atom is -0.491 e. The van der Waals surface area contributed by atoms with Gasteiger partial charge in [0.25, 0.3) is 0 Å². The smallest absolute Gasteiger partial charge is 0.120 e. The third-order valence-corrected chi connectivity index (χ3v) is 4.74. The Balaban J connectivity index is 2.39. The number of halogens is 1. The maximum Gasteiger partial charge on any atom is 0.120 e. The zero-order valence-corrected chi connectivity index (χ0v) is 14.7. The maximum atomic E-state index is 5.81. The number of nitrogens with one attached hydrogen (secondary N) is 1. The van der Waals surface area contributed by atoms with Crippen LogP contribution in [0.25, 0.3) is 0 Å². The molecule has 112 valence electrons.